The van der Waals surface area contributed by atoms with Gasteiger partial charge in [-0.15, -0.1) is 0 Å². The molecule has 0 bridgehead atoms. The molecule has 2 nitrogen and oxygen atoms in total. The Bertz CT molecular complexity index is 392. The highest BCUT2D eigenvalue weighted by molar-refractivity contribution is 7.80. The normalized spacial score (nSPS) is 11.2. The molecule has 0 unspecified atom stereocenters. The summed E-state index contributed by atoms with van der Waals surface area (Å²) < 4.78 is 37.2. The number of nitrogens with two attached hydrogens (primary N) is 1. The minimum absolute atomic E-state index is 0.0407. The van der Waals surface area contributed by atoms with E-state index in [0.717, 1.165) is 6.07 Å². The summed E-state index contributed by atoms with van der Waals surface area (Å²) in [5.74, 6) is 0. The largest absolute Gasteiger partial charge is 0.417 e. The van der Waals surface area contributed by atoms with Crippen LogP contribution in [0.4, 0.5) is 18.9 Å². The molecule has 0 aliphatic carbocycles. The van der Waals surface area contributed by atoms with Crippen molar-refractivity contribution in [2.75, 3.05) is 5.32 Å². The number of benzene rings is 1. The molecule has 0 saturated carbocycles. The van der Waals surface area contributed by atoms with Crippen LogP contribution in [0.3, 0.4) is 0 Å². The summed E-state index contributed by atoms with van der Waals surface area (Å²) in [6.45, 7) is 0. The second-order valence-corrected chi connectivity index (χ2v) is 3.47. The van der Waals surface area contributed by atoms with Crippen molar-refractivity contribution in [3.05, 3.63) is 28.8 Å². The van der Waals surface area contributed by atoms with E-state index in [-0.39, 0.29) is 10.8 Å². The average Bonchev–Trinajstić information content (AvgIpc) is 2.05. The number of nitrogens with one attached hydrogen (secondary N) is 1. The molecule has 0 fully saturated rings. The van der Waals surface area contributed by atoms with Gasteiger partial charge in [0.05, 0.1) is 16.3 Å². The molecule has 0 aliphatic heterocycles. The summed E-state index contributed by atoms with van der Waals surface area (Å²) in [5, 5.41) is 1.77. The summed E-state index contributed by atoms with van der Waals surface area (Å²) in [6, 6.07) is 3.46. The fraction of sp³-hybridized carbons (Fsp3) is 0.125. The van der Waals surface area contributed by atoms with Crippen molar-refractivity contribution in [2.24, 2.45) is 5.73 Å². The van der Waals surface area contributed by atoms with E-state index in [1.54, 1.807) is 0 Å². The first-order valence-corrected chi connectivity index (χ1v) is 4.53. The molecule has 0 atom stereocenters. The average molecular weight is 255 g/mol. The summed E-state index contributed by atoms with van der Waals surface area (Å²) in [4.78, 5) is 0. The lowest BCUT2D eigenvalue weighted by atomic mass is 10.2. The van der Waals surface area contributed by atoms with Crippen LogP contribution in [-0.4, -0.2) is 5.11 Å². The number of thiocarbonyl (C=S) groups is 1. The van der Waals surface area contributed by atoms with Crippen LogP contribution in [0.5, 0.6) is 0 Å². The molecule has 0 saturated heterocycles. The molecule has 0 radical (unpaired) electrons. The highest BCUT2D eigenvalue weighted by atomic mass is 35.5. The maximum absolute atomic E-state index is 12.4. The van der Waals surface area contributed by atoms with Gasteiger partial charge in [0.15, 0.2) is 5.11 Å². The molecule has 0 spiro atoms. The minimum atomic E-state index is -4.50. The van der Waals surface area contributed by atoms with Gasteiger partial charge in [-0.25, -0.2) is 0 Å². The third kappa shape index (κ3) is 2.97. The number of anilines is 1. The van der Waals surface area contributed by atoms with Crippen LogP contribution in [0.1, 0.15) is 5.56 Å². The van der Waals surface area contributed by atoms with Crippen LogP contribution in [0.2, 0.25) is 5.02 Å². The molecule has 15 heavy (non-hydrogen) atoms. The molecule has 1 aromatic rings. The lowest BCUT2D eigenvalue weighted by Gasteiger charge is -2.12. The van der Waals surface area contributed by atoms with E-state index in [9.17, 15) is 13.2 Å². The minimum Gasteiger partial charge on any atom is -0.376 e. The van der Waals surface area contributed by atoms with E-state index in [4.69, 9.17) is 17.3 Å². The zero-order valence-electron chi connectivity index (χ0n) is 7.23. The first-order chi connectivity index (χ1) is 6.82. The topological polar surface area (TPSA) is 38.0 Å². The Kier molecular flexibility index (Phi) is 3.41. The van der Waals surface area contributed by atoms with Crippen molar-refractivity contribution in [3.8, 4) is 0 Å². The molecule has 1 rings (SSSR count). The van der Waals surface area contributed by atoms with Crippen molar-refractivity contribution in [1.82, 2.24) is 0 Å². The Morgan fingerprint density at radius 1 is 1.40 bits per heavy atom. The van der Waals surface area contributed by atoms with Crippen molar-refractivity contribution < 1.29 is 13.2 Å². The third-order valence-electron chi connectivity index (χ3n) is 1.56. The van der Waals surface area contributed by atoms with E-state index in [1.165, 1.54) is 12.1 Å². The Hall–Kier alpha value is -1.01. The van der Waals surface area contributed by atoms with Crippen LogP contribution >= 0.6 is 23.8 Å². The third-order valence-corrected chi connectivity index (χ3v) is 2.07. The second-order valence-electron chi connectivity index (χ2n) is 2.65. The lowest BCUT2D eigenvalue weighted by molar-refractivity contribution is -0.137. The van der Waals surface area contributed by atoms with Gasteiger partial charge in [0.1, 0.15) is 0 Å². The molecule has 1 aromatic carbocycles. The van der Waals surface area contributed by atoms with E-state index in [1.807, 2.05) is 0 Å². The molecule has 82 valence electrons. The van der Waals surface area contributed by atoms with Gasteiger partial charge in [-0.05, 0) is 24.4 Å². The van der Waals surface area contributed by atoms with Gasteiger partial charge in [-0.2, -0.15) is 13.2 Å². The molecule has 3 N–H and O–H groups in total. The quantitative estimate of drug-likeness (QED) is 0.757. The lowest BCUT2D eigenvalue weighted by Crippen LogP contribution is -2.19. The van der Waals surface area contributed by atoms with Gasteiger partial charge in [-0.1, -0.05) is 17.7 Å². The Morgan fingerprint density at radius 2 is 2.00 bits per heavy atom. The van der Waals surface area contributed by atoms with Gasteiger partial charge >= 0.3 is 6.18 Å². The second kappa shape index (κ2) is 4.24. The zero-order chi connectivity index (χ0) is 11.6. The van der Waals surface area contributed by atoms with Gasteiger partial charge in [0, 0.05) is 0 Å². The highest BCUT2D eigenvalue weighted by Gasteiger charge is 2.33. The molecular formula is C8H6ClF3N2S. The number of rotatable bonds is 1. The fourth-order valence-electron chi connectivity index (χ4n) is 0.980. The van der Waals surface area contributed by atoms with Crippen LogP contribution in [0.25, 0.3) is 0 Å². The first kappa shape index (κ1) is 12.1. The standard InChI is InChI=1S/C8H6ClF3N2S/c9-6-4(8(10,11)12)2-1-3-5(6)14-7(13)15/h1-3H,(H3,13,14,15). The van der Waals surface area contributed by atoms with E-state index in [2.05, 4.69) is 17.5 Å². The van der Waals surface area contributed by atoms with E-state index in [0.29, 0.717) is 0 Å². The molecular weight excluding hydrogens is 249 g/mol. The summed E-state index contributed by atoms with van der Waals surface area (Å²) in [6.07, 6.45) is -4.50. The molecule has 0 amide bonds. The summed E-state index contributed by atoms with van der Waals surface area (Å²) in [7, 11) is 0. The van der Waals surface area contributed by atoms with Crippen LogP contribution < -0.4 is 11.1 Å². The number of hydrogen-bond acceptors (Lipinski definition) is 1. The fourth-order valence-corrected chi connectivity index (χ4v) is 1.37. The number of hydrogen-bond donors (Lipinski definition) is 2. The molecule has 0 aromatic heterocycles. The van der Waals surface area contributed by atoms with Crippen LogP contribution in [-0.2, 0) is 6.18 Å². The van der Waals surface area contributed by atoms with Gasteiger partial charge < -0.3 is 11.1 Å². The van der Waals surface area contributed by atoms with Crippen LogP contribution in [0, 0.1) is 0 Å². The zero-order valence-corrected chi connectivity index (χ0v) is 8.80. The summed E-state index contributed by atoms with van der Waals surface area (Å²) >= 11 is 10.0. The van der Waals surface area contributed by atoms with Crippen molar-refractivity contribution in [2.45, 2.75) is 6.18 Å². The smallest absolute Gasteiger partial charge is 0.376 e. The van der Waals surface area contributed by atoms with E-state index >= 15 is 0 Å². The van der Waals surface area contributed by atoms with Crippen molar-refractivity contribution in [3.63, 3.8) is 0 Å². The van der Waals surface area contributed by atoms with Gasteiger partial charge in [-0.3, -0.25) is 0 Å². The van der Waals surface area contributed by atoms with Crippen molar-refractivity contribution >= 4 is 34.6 Å². The van der Waals surface area contributed by atoms with Gasteiger partial charge in [0.25, 0.3) is 0 Å². The molecule has 0 heterocycles. The maximum atomic E-state index is 12.4. The summed E-state index contributed by atoms with van der Waals surface area (Å²) in [5.41, 5.74) is 4.25. The van der Waals surface area contributed by atoms with Gasteiger partial charge in [0.2, 0.25) is 0 Å². The highest BCUT2D eigenvalue weighted by Crippen LogP contribution is 2.37. The monoisotopic (exact) mass is 254 g/mol. The number of halogens is 4. The van der Waals surface area contributed by atoms with Crippen LogP contribution in [0.15, 0.2) is 18.2 Å². The first-order valence-electron chi connectivity index (χ1n) is 3.74. The van der Waals surface area contributed by atoms with Crippen molar-refractivity contribution in [1.29, 1.82) is 0 Å². The SMILES string of the molecule is NC(=S)Nc1cccc(C(F)(F)F)c1Cl. The number of alkyl halides is 3. The molecule has 7 heteroatoms. The predicted molar refractivity (Wildman–Crippen MR) is 56.9 cm³/mol. The Morgan fingerprint density at radius 3 is 2.47 bits per heavy atom. The maximum Gasteiger partial charge on any atom is 0.417 e. The molecule has 0 aliphatic rings. The Labute approximate surface area is 94.2 Å². The van der Waals surface area contributed by atoms with E-state index < -0.39 is 16.8 Å². The predicted octanol–water partition coefficient (Wildman–Crippen LogP) is 3.01. The Balaban J connectivity index is 3.17.